The number of hydrogen-bond donors (Lipinski definition) is 2. The van der Waals surface area contributed by atoms with Crippen molar-refractivity contribution in [2.75, 3.05) is 0 Å². The fraction of sp³-hybridized carbons (Fsp3) is 0.143. The number of rotatable bonds is 1. The van der Waals surface area contributed by atoms with E-state index in [4.69, 9.17) is 5.11 Å². The van der Waals surface area contributed by atoms with Gasteiger partial charge in [-0.25, -0.2) is 0 Å². The van der Waals surface area contributed by atoms with Crippen LogP contribution < -0.4 is 5.56 Å². The molecule has 4 nitrogen and oxygen atoms in total. The van der Waals surface area contributed by atoms with Gasteiger partial charge >= 0.3 is 0 Å². The minimum Gasteiger partial charge on any atom is -0.507 e. The molecule has 0 radical (unpaired) electrons. The number of carbonyl (C=O) groups is 1. The van der Waals surface area contributed by atoms with Gasteiger partial charge in [-0.05, 0) is 13.0 Å². The zero-order chi connectivity index (χ0) is 8.43. The van der Waals surface area contributed by atoms with E-state index in [1.165, 1.54) is 19.2 Å². The van der Waals surface area contributed by atoms with Crippen molar-refractivity contribution in [3.05, 3.63) is 28.2 Å². The predicted molar refractivity (Wildman–Crippen MR) is 38.7 cm³/mol. The summed E-state index contributed by atoms with van der Waals surface area (Å²) in [4.78, 5) is 23.8. The maximum absolute atomic E-state index is 10.8. The Morgan fingerprint density at radius 1 is 1.64 bits per heavy atom. The number of aromatic amines is 1. The second-order valence-corrected chi connectivity index (χ2v) is 2.12. The molecule has 0 unspecified atom stereocenters. The van der Waals surface area contributed by atoms with Gasteiger partial charge in [0.15, 0.2) is 5.78 Å². The molecule has 0 aromatic carbocycles. The lowest BCUT2D eigenvalue weighted by Crippen LogP contribution is -2.14. The number of aromatic nitrogens is 1. The largest absolute Gasteiger partial charge is 0.507 e. The molecule has 2 N–H and O–H groups in total. The van der Waals surface area contributed by atoms with Gasteiger partial charge in [0, 0.05) is 6.20 Å². The Morgan fingerprint density at radius 3 is 2.64 bits per heavy atom. The molecule has 0 bridgehead atoms. The zero-order valence-electron chi connectivity index (χ0n) is 5.92. The van der Waals surface area contributed by atoms with Gasteiger partial charge < -0.3 is 10.1 Å². The summed E-state index contributed by atoms with van der Waals surface area (Å²) in [6, 6.07) is 1.26. The molecule has 0 spiro atoms. The summed E-state index contributed by atoms with van der Waals surface area (Å²) in [6.45, 7) is 1.23. The lowest BCUT2D eigenvalue weighted by atomic mass is 10.2. The van der Waals surface area contributed by atoms with E-state index in [-0.39, 0.29) is 11.3 Å². The summed E-state index contributed by atoms with van der Waals surface area (Å²) in [6.07, 6.45) is 1.28. The molecule has 11 heavy (non-hydrogen) atoms. The van der Waals surface area contributed by atoms with Crippen molar-refractivity contribution in [1.29, 1.82) is 0 Å². The van der Waals surface area contributed by atoms with Crippen LogP contribution in [0.1, 0.15) is 17.3 Å². The molecule has 1 aromatic heterocycles. The van der Waals surface area contributed by atoms with Crippen LogP contribution in [0.15, 0.2) is 17.1 Å². The van der Waals surface area contributed by atoms with Crippen molar-refractivity contribution in [3.8, 4) is 5.75 Å². The molecule has 0 aliphatic rings. The minimum atomic E-state index is -0.558. The summed E-state index contributed by atoms with van der Waals surface area (Å²) in [5, 5.41) is 9.02. The molecule has 0 aliphatic heterocycles. The normalized spacial score (nSPS) is 9.55. The van der Waals surface area contributed by atoms with Gasteiger partial charge in [-0.3, -0.25) is 9.59 Å². The fourth-order valence-corrected chi connectivity index (χ4v) is 0.808. The van der Waals surface area contributed by atoms with Gasteiger partial charge in [0.25, 0.3) is 5.56 Å². The third-order valence-corrected chi connectivity index (χ3v) is 1.29. The molecule has 4 heteroatoms. The van der Waals surface area contributed by atoms with E-state index in [9.17, 15) is 9.59 Å². The maximum Gasteiger partial charge on any atom is 0.262 e. The van der Waals surface area contributed by atoms with Crippen LogP contribution in [0.25, 0.3) is 0 Å². The summed E-state index contributed by atoms with van der Waals surface area (Å²) in [7, 11) is 0. The number of carbonyl (C=O) groups excluding carboxylic acids is 1. The first-order chi connectivity index (χ1) is 5.13. The second kappa shape index (κ2) is 2.57. The van der Waals surface area contributed by atoms with E-state index < -0.39 is 11.3 Å². The molecule has 0 atom stereocenters. The standard InChI is InChI=1S/C7H7NO3/c1-4(9)6-5(10)2-3-8-7(6)11/h2-3H,1H3,(H2,8,10,11). The first kappa shape index (κ1) is 7.53. The smallest absolute Gasteiger partial charge is 0.262 e. The van der Waals surface area contributed by atoms with E-state index in [2.05, 4.69) is 4.98 Å². The molecule has 1 rings (SSSR count). The Balaban J connectivity index is 3.45. The van der Waals surface area contributed by atoms with Gasteiger partial charge in [-0.1, -0.05) is 0 Å². The van der Waals surface area contributed by atoms with Gasteiger partial charge in [0.2, 0.25) is 0 Å². The Hall–Kier alpha value is -1.58. The number of nitrogens with one attached hydrogen (secondary N) is 1. The quantitative estimate of drug-likeness (QED) is 0.569. The molecule has 0 aliphatic carbocycles. The lowest BCUT2D eigenvalue weighted by Gasteiger charge is -1.95. The molecule has 1 heterocycles. The van der Waals surface area contributed by atoms with Gasteiger partial charge in [-0.2, -0.15) is 0 Å². The second-order valence-electron chi connectivity index (χ2n) is 2.12. The van der Waals surface area contributed by atoms with Crippen LogP contribution >= 0.6 is 0 Å². The van der Waals surface area contributed by atoms with Gasteiger partial charge in [0.1, 0.15) is 11.3 Å². The topological polar surface area (TPSA) is 70.2 Å². The number of aromatic hydroxyl groups is 1. The predicted octanol–water partition coefficient (Wildman–Crippen LogP) is 0.283. The van der Waals surface area contributed by atoms with Crippen molar-refractivity contribution >= 4 is 5.78 Å². The Morgan fingerprint density at radius 2 is 2.27 bits per heavy atom. The summed E-state index contributed by atoms with van der Waals surface area (Å²) >= 11 is 0. The molecular formula is C7H7NO3. The Bertz CT molecular complexity index is 340. The SMILES string of the molecule is CC(=O)c1c(O)cc[nH]c1=O. The van der Waals surface area contributed by atoms with Crippen molar-refractivity contribution < 1.29 is 9.90 Å². The van der Waals surface area contributed by atoms with E-state index in [0.29, 0.717) is 0 Å². The fourth-order valence-electron chi connectivity index (χ4n) is 0.808. The summed E-state index contributed by atoms with van der Waals surface area (Å²) in [5.74, 6) is -0.717. The first-order valence-corrected chi connectivity index (χ1v) is 3.04. The highest BCUT2D eigenvalue weighted by Gasteiger charge is 2.09. The van der Waals surface area contributed by atoms with E-state index >= 15 is 0 Å². The average molecular weight is 153 g/mol. The highest BCUT2D eigenvalue weighted by atomic mass is 16.3. The third kappa shape index (κ3) is 1.29. The van der Waals surface area contributed by atoms with Crippen molar-refractivity contribution in [3.63, 3.8) is 0 Å². The van der Waals surface area contributed by atoms with E-state index in [0.717, 1.165) is 0 Å². The van der Waals surface area contributed by atoms with Gasteiger partial charge in [0.05, 0.1) is 0 Å². The minimum absolute atomic E-state index is 0.187. The van der Waals surface area contributed by atoms with Crippen molar-refractivity contribution in [2.24, 2.45) is 0 Å². The van der Waals surface area contributed by atoms with Crippen molar-refractivity contribution in [2.45, 2.75) is 6.92 Å². The number of hydrogen-bond acceptors (Lipinski definition) is 3. The van der Waals surface area contributed by atoms with Crippen LogP contribution in [0.3, 0.4) is 0 Å². The van der Waals surface area contributed by atoms with Crippen LogP contribution in [-0.4, -0.2) is 15.9 Å². The van der Waals surface area contributed by atoms with Crippen LogP contribution in [0, 0.1) is 0 Å². The number of pyridine rings is 1. The molecular weight excluding hydrogens is 146 g/mol. The Labute approximate surface area is 62.5 Å². The molecule has 0 saturated heterocycles. The number of ketones is 1. The summed E-state index contributed by atoms with van der Waals surface area (Å²) in [5.41, 5.74) is -0.745. The van der Waals surface area contributed by atoms with Crippen LogP contribution in [0.5, 0.6) is 5.75 Å². The Kier molecular flexibility index (Phi) is 1.76. The third-order valence-electron chi connectivity index (χ3n) is 1.29. The molecule has 58 valence electrons. The molecule has 0 fully saturated rings. The average Bonchev–Trinajstić information content (AvgIpc) is 1.85. The molecule has 0 saturated carbocycles. The molecule has 0 amide bonds. The maximum atomic E-state index is 10.8. The van der Waals surface area contributed by atoms with Crippen LogP contribution in [0.2, 0.25) is 0 Å². The lowest BCUT2D eigenvalue weighted by molar-refractivity contribution is 0.101. The van der Waals surface area contributed by atoms with Gasteiger partial charge in [-0.15, -0.1) is 0 Å². The van der Waals surface area contributed by atoms with E-state index in [1.807, 2.05) is 0 Å². The van der Waals surface area contributed by atoms with Crippen molar-refractivity contribution in [1.82, 2.24) is 4.98 Å². The highest BCUT2D eigenvalue weighted by molar-refractivity contribution is 5.96. The number of H-pyrrole nitrogens is 1. The van der Waals surface area contributed by atoms with Crippen LogP contribution in [0.4, 0.5) is 0 Å². The number of Topliss-reactive ketones (excluding diaryl/α,β-unsaturated/α-hetero) is 1. The highest BCUT2D eigenvalue weighted by Crippen LogP contribution is 2.09. The summed E-state index contributed by atoms with van der Waals surface area (Å²) < 4.78 is 0. The first-order valence-electron chi connectivity index (χ1n) is 3.04. The van der Waals surface area contributed by atoms with Crippen LogP contribution in [-0.2, 0) is 0 Å². The zero-order valence-corrected chi connectivity index (χ0v) is 5.92. The van der Waals surface area contributed by atoms with E-state index in [1.54, 1.807) is 0 Å². The monoisotopic (exact) mass is 153 g/mol. The molecule has 1 aromatic rings.